The van der Waals surface area contributed by atoms with Gasteiger partial charge >= 0.3 is 0 Å². The lowest BCUT2D eigenvalue weighted by molar-refractivity contribution is 0.236. The second-order valence-electron chi connectivity index (χ2n) is 5.65. The zero-order chi connectivity index (χ0) is 15.2. The summed E-state index contributed by atoms with van der Waals surface area (Å²) in [5, 5.41) is 1.20. The lowest BCUT2D eigenvalue weighted by atomic mass is 10.0. The van der Waals surface area contributed by atoms with Gasteiger partial charge in [-0.25, -0.2) is 0 Å². The number of nitrogens with two attached hydrogens (primary N) is 1. The van der Waals surface area contributed by atoms with Crippen molar-refractivity contribution in [2.75, 3.05) is 26.2 Å². The summed E-state index contributed by atoms with van der Waals surface area (Å²) in [7, 11) is 0. The fraction of sp³-hybridized carbons (Fsp3) is 0.625. The van der Waals surface area contributed by atoms with Gasteiger partial charge in [-0.3, -0.25) is 4.90 Å². The Labute approximate surface area is 137 Å². The van der Waals surface area contributed by atoms with E-state index in [0.717, 1.165) is 30.7 Å². The van der Waals surface area contributed by atoms with Crippen LogP contribution >= 0.6 is 23.2 Å². The standard InChI is InChI=1S/C16H24Cl2N2O/c1-2-14(19)10-12-9-13(17)11-15(18)16(12)21-8-7-20-5-3-4-6-20/h9,11,14H,2-8,10,19H2,1H3. The van der Waals surface area contributed by atoms with Gasteiger partial charge < -0.3 is 10.5 Å². The summed E-state index contributed by atoms with van der Waals surface area (Å²) >= 11 is 12.4. The van der Waals surface area contributed by atoms with Gasteiger partial charge in [0, 0.05) is 17.6 Å². The molecule has 0 saturated carbocycles. The second kappa shape index (κ2) is 8.23. The molecule has 1 unspecified atom stereocenters. The summed E-state index contributed by atoms with van der Waals surface area (Å²) in [5.41, 5.74) is 7.06. The zero-order valence-electron chi connectivity index (χ0n) is 12.6. The Kier molecular flexibility index (Phi) is 6.62. The van der Waals surface area contributed by atoms with Crippen molar-refractivity contribution in [1.82, 2.24) is 4.90 Å². The fourth-order valence-electron chi connectivity index (χ4n) is 2.64. The molecule has 3 nitrogen and oxygen atoms in total. The Balaban J connectivity index is 2.01. The van der Waals surface area contributed by atoms with Crippen LogP contribution in [0, 0.1) is 0 Å². The molecular formula is C16H24Cl2N2O. The maximum absolute atomic E-state index is 6.29. The van der Waals surface area contributed by atoms with Gasteiger partial charge in [-0.05, 0) is 56.5 Å². The smallest absolute Gasteiger partial charge is 0.141 e. The second-order valence-corrected chi connectivity index (χ2v) is 6.49. The highest BCUT2D eigenvalue weighted by molar-refractivity contribution is 6.35. The van der Waals surface area contributed by atoms with E-state index in [0.29, 0.717) is 16.7 Å². The minimum atomic E-state index is 0.0977. The summed E-state index contributed by atoms with van der Waals surface area (Å²) in [6.07, 6.45) is 4.23. The summed E-state index contributed by atoms with van der Waals surface area (Å²) < 4.78 is 5.94. The topological polar surface area (TPSA) is 38.5 Å². The normalized spacial score (nSPS) is 17.1. The van der Waals surface area contributed by atoms with Gasteiger partial charge in [0.25, 0.3) is 0 Å². The molecule has 5 heteroatoms. The highest BCUT2D eigenvalue weighted by atomic mass is 35.5. The number of rotatable bonds is 7. The van der Waals surface area contributed by atoms with E-state index in [9.17, 15) is 0 Å². The fourth-order valence-corrected chi connectivity index (χ4v) is 3.23. The Morgan fingerprint density at radius 1 is 1.29 bits per heavy atom. The van der Waals surface area contributed by atoms with Crippen LogP contribution in [-0.2, 0) is 6.42 Å². The Hall–Kier alpha value is -0.480. The van der Waals surface area contributed by atoms with E-state index in [4.69, 9.17) is 33.7 Å². The highest BCUT2D eigenvalue weighted by Crippen LogP contribution is 2.33. The molecule has 118 valence electrons. The van der Waals surface area contributed by atoms with E-state index in [2.05, 4.69) is 11.8 Å². The van der Waals surface area contributed by atoms with E-state index in [1.165, 1.54) is 25.9 Å². The Bertz CT molecular complexity index is 462. The Morgan fingerprint density at radius 3 is 2.67 bits per heavy atom. The lowest BCUT2D eigenvalue weighted by Gasteiger charge is -2.19. The van der Waals surface area contributed by atoms with Gasteiger partial charge in [-0.1, -0.05) is 30.1 Å². The SMILES string of the molecule is CCC(N)Cc1cc(Cl)cc(Cl)c1OCCN1CCCC1. The summed E-state index contributed by atoms with van der Waals surface area (Å²) in [4.78, 5) is 2.42. The molecule has 1 aromatic carbocycles. The van der Waals surface area contributed by atoms with Gasteiger partial charge in [0.1, 0.15) is 12.4 Å². The molecule has 1 fully saturated rings. The van der Waals surface area contributed by atoms with Crippen molar-refractivity contribution in [3.05, 3.63) is 27.7 Å². The largest absolute Gasteiger partial charge is 0.490 e. The number of hydrogen-bond donors (Lipinski definition) is 1. The van der Waals surface area contributed by atoms with Crippen LogP contribution in [0.1, 0.15) is 31.7 Å². The molecule has 1 atom stereocenters. The molecule has 1 heterocycles. The van der Waals surface area contributed by atoms with Crippen LogP contribution in [0.3, 0.4) is 0 Å². The van der Waals surface area contributed by atoms with Crippen LogP contribution in [0.5, 0.6) is 5.75 Å². The molecule has 0 amide bonds. The van der Waals surface area contributed by atoms with E-state index >= 15 is 0 Å². The maximum Gasteiger partial charge on any atom is 0.141 e. The van der Waals surface area contributed by atoms with Crippen LogP contribution < -0.4 is 10.5 Å². The molecule has 0 aromatic heterocycles. The molecular weight excluding hydrogens is 307 g/mol. The third kappa shape index (κ3) is 5.03. The summed E-state index contributed by atoms with van der Waals surface area (Å²) in [6, 6.07) is 3.74. The van der Waals surface area contributed by atoms with Gasteiger partial charge in [-0.15, -0.1) is 0 Å². The van der Waals surface area contributed by atoms with Crippen LogP contribution in [0.4, 0.5) is 0 Å². The summed E-state index contributed by atoms with van der Waals surface area (Å²) in [5.74, 6) is 0.740. The van der Waals surface area contributed by atoms with E-state index in [-0.39, 0.29) is 6.04 Å². The number of hydrogen-bond acceptors (Lipinski definition) is 3. The lowest BCUT2D eigenvalue weighted by Crippen LogP contribution is -2.26. The van der Waals surface area contributed by atoms with Crippen molar-refractivity contribution < 1.29 is 4.74 Å². The molecule has 0 bridgehead atoms. The number of halogens is 2. The molecule has 1 aliphatic heterocycles. The van der Waals surface area contributed by atoms with Crippen molar-refractivity contribution in [2.24, 2.45) is 5.73 Å². The molecule has 2 N–H and O–H groups in total. The van der Waals surface area contributed by atoms with Crippen LogP contribution in [0.15, 0.2) is 12.1 Å². The highest BCUT2D eigenvalue weighted by Gasteiger charge is 2.15. The predicted molar refractivity (Wildman–Crippen MR) is 89.6 cm³/mol. The zero-order valence-corrected chi connectivity index (χ0v) is 14.1. The monoisotopic (exact) mass is 330 g/mol. The van der Waals surface area contributed by atoms with Crippen molar-refractivity contribution in [2.45, 2.75) is 38.6 Å². The predicted octanol–water partition coefficient (Wildman–Crippen LogP) is 3.75. The molecule has 1 aromatic rings. The number of nitrogens with zero attached hydrogens (tertiary/aromatic N) is 1. The van der Waals surface area contributed by atoms with Crippen LogP contribution in [0.25, 0.3) is 0 Å². The minimum Gasteiger partial charge on any atom is -0.490 e. The van der Waals surface area contributed by atoms with Gasteiger partial charge in [0.2, 0.25) is 0 Å². The molecule has 1 aliphatic rings. The van der Waals surface area contributed by atoms with E-state index < -0.39 is 0 Å². The average Bonchev–Trinajstić information content (AvgIpc) is 2.94. The van der Waals surface area contributed by atoms with Crippen molar-refractivity contribution in [3.63, 3.8) is 0 Å². The van der Waals surface area contributed by atoms with Crippen LogP contribution in [0.2, 0.25) is 10.0 Å². The first-order valence-corrected chi connectivity index (χ1v) is 8.44. The van der Waals surface area contributed by atoms with Gasteiger partial charge in [-0.2, -0.15) is 0 Å². The maximum atomic E-state index is 6.29. The summed E-state index contributed by atoms with van der Waals surface area (Å²) in [6.45, 7) is 6.01. The molecule has 0 radical (unpaired) electrons. The number of likely N-dealkylation sites (tertiary alicyclic amines) is 1. The molecule has 0 spiro atoms. The van der Waals surface area contributed by atoms with E-state index in [1.807, 2.05) is 6.07 Å². The van der Waals surface area contributed by atoms with Crippen molar-refractivity contribution in [1.29, 1.82) is 0 Å². The van der Waals surface area contributed by atoms with Crippen molar-refractivity contribution >= 4 is 23.2 Å². The molecule has 21 heavy (non-hydrogen) atoms. The molecule has 1 saturated heterocycles. The Morgan fingerprint density at radius 2 is 2.00 bits per heavy atom. The molecule has 0 aliphatic carbocycles. The third-order valence-corrected chi connectivity index (χ3v) is 4.44. The van der Waals surface area contributed by atoms with E-state index in [1.54, 1.807) is 6.07 Å². The molecule has 2 rings (SSSR count). The number of ether oxygens (including phenoxy) is 1. The van der Waals surface area contributed by atoms with Crippen LogP contribution in [-0.4, -0.2) is 37.2 Å². The quantitative estimate of drug-likeness (QED) is 0.827. The van der Waals surface area contributed by atoms with Crippen molar-refractivity contribution in [3.8, 4) is 5.75 Å². The van der Waals surface area contributed by atoms with Gasteiger partial charge in [0.05, 0.1) is 5.02 Å². The third-order valence-electron chi connectivity index (χ3n) is 3.94. The first kappa shape index (κ1) is 16.9. The first-order valence-electron chi connectivity index (χ1n) is 7.68. The van der Waals surface area contributed by atoms with Gasteiger partial charge in [0.15, 0.2) is 0 Å². The first-order chi connectivity index (χ1) is 10.1. The number of benzene rings is 1. The average molecular weight is 331 g/mol. The minimum absolute atomic E-state index is 0.0977.